The van der Waals surface area contributed by atoms with Crippen LogP contribution in [0.2, 0.25) is 5.02 Å². The van der Waals surface area contributed by atoms with Gasteiger partial charge in [-0.3, -0.25) is 4.79 Å². The van der Waals surface area contributed by atoms with Gasteiger partial charge < -0.3 is 4.74 Å². The largest absolute Gasteiger partial charge is 0.422 e. The molecule has 0 aliphatic heterocycles. The number of halogens is 2. The van der Waals surface area contributed by atoms with Gasteiger partial charge in [0.2, 0.25) is 0 Å². The number of benzene rings is 3. The molecule has 0 atom stereocenters. The van der Waals surface area contributed by atoms with Crippen molar-refractivity contribution in [3.63, 3.8) is 0 Å². The molecule has 4 rings (SSSR count). The Morgan fingerprint density at radius 2 is 1.84 bits per heavy atom. The molecule has 5 nitrogen and oxygen atoms in total. The number of nitrogens with zero attached hydrogens (tertiary/aromatic N) is 1. The van der Waals surface area contributed by atoms with Crippen molar-refractivity contribution in [1.29, 1.82) is 0 Å². The van der Waals surface area contributed by atoms with Gasteiger partial charge in [0.1, 0.15) is 10.6 Å². The van der Waals surface area contributed by atoms with Crippen LogP contribution in [0.15, 0.2) is 82.4 Å². The van der Waals surface area contributed by atoms with Gasteiger partial charge in [-0.25, -0.2) is 10.2 Å². The number of hydrogen-bond acceptors (Lipinski definition) is 5. The molecule has 1 amide bonds. The van der Waals surface area contributed by atoms with Gasteiger partial charge >= 0.3 is 5.97 Å². The molecule has 1 aromatic heterocycles. The first-order valence-electron chi connectivity index (χ1n) is 9.09. The lowest BCUT2D eigenvalue weighted by Crippen LogP contribution is -2.17. The molecule has 1 N–H and O–H groups in total. The highest BCUT2D eigenvalue weighted by atomic mass is 79.9. The molecule has 0 aliphatic carbocycles. The molecule has 3 aromatic carbocycles. The van der Waals surface area contributed by atoms with Crippen LogP contribution in [0, 0.1) is 0 Å². The summed E-state index contributed by atoms with van der Waals surface area (Å²) < 4.78 is 7.22. The Bertz CT molecular complexity index is 1320. The molecule has 0 unspecified atom stereocenters. The fourth-order valence-corrected chi connectivity index (χ4v) is 4.60. The number of nitrogens with one attached hydrogen (secondary N) is 1. The monoisotopic (exact) mass is 512 g/mol. The van der Waals surface area contributed by atoms with Gasteiger partial charge in [-0.1, -0.05) is 63.9 Å². The van der Waals surface area contributed by atoms with Crippen molar-refractivity contribution in [2.75, 3.05) is 0 Å². The lowest BCUT2D eigenvalue weighted by atomic mass is 10.2. The van der Waals surface area contributed by atoms with E-state index in [0.717, 1.165) is 14.6 Å². The van der Waals surface area contributed by atoms with Crippen LogP contribution in [-0.2, 0) is 0 Å². The molecule has 8 heteroatoms. The van der Waals surface area contributed by atoms with Crippen LogP contribution in [-0.4, -0.2) is 18.1 Å². The Balaban J connectivity index is 1.44. The van der Waals surface area contributed by atoms with Gasteiger partial charge in [-0.15, -0.1) is 11.3 Å². The lowest BCUT2D eigenvalue weighted by molar-refractivity contribution is 0.0740. The Morgan fingerprint density at radius 1 is 1.03 bits per heavy atom. The summed E-state index contributed by atoms with van der Waals surface area (Å²) in [6.45, 7) is 0. The number of rotatable bonds is 5. The maximum atomic E-state index is 12.6. The number of fused-ring (bicyclic) bond motifs is 1. The smallest absolute Gasteiger partial charge is 0.355 e. The third-order valence-corrected chi connectivity index (χ3v) is 6.40. The minimum absolute atomic E-state index is 0.334. The predicted molar refractivity (Wildman–Crippen MR) is 127 cm³/mol. The molecule has 0 spiro atoms. The van der Waals surface area contributed by atoms with E-state index in [2.05, 4.69) is 26.5 Å². The third-order valence-electron chi connectivity index (χ3n) is 4.26. The summed E-state index contributed by atoms with van der Waals surface area (Å²) in [5, 5.41) is 5.18. The normalized spacial score (nSPS) is 11.0. The van der Waals surface area contributed by atoms with E-state index in [-0.39, 0.29) is 5.91 Å². The Hall–Kier alpha value is -3.00. The number of amides is 1. The molecular weight excluding hydrogens is 500 g/mol. The number of ether oxygens (including phenoxy) is 1. The topological polar surface area (TPSA) is 67.8 Å². The van der Waals surface area contributed by atoms with Crippen LogP contribution < -0.4 is 10.2 Å². The lowest BCUT2D eigenvalue weighted by Gasteiger charge is -2.04. The van der Waals surface area contributed by atoms with Crippen LogP contribution in [0.3, 0.4) is 0 Å². The summed E-state index contributed by atoms with van der Waals surface area (Å²) in [6, 6.07) is 21.3. The Labute approximate surface area is 195 Å². The molecule has 0 fully saturated rings. The maximum Gasteiger partial charge on any atom is 0.355 e. The van der Waals surface area contributed by atoms with E-state index in [1.807, 2.05) is 30.3 Å². The SMILES string of the molecule is O=C(NN=Cc1cccc(OC(=O)c2sc3ccccc3c2Cl)c1)c1cccc(Br)c1. The van der Waals surface area contributed by atoms with E-state index >= 15 is 0 Å². The summed E-state index contributed by atoms with van der Waals surface area (Å²) in [7, 11) is 0. The number of thiophene rings is 1. The van der Waals surface area contributed by atoms with Gasteiger partial charge in [-0.2, -0.15) is 5.10 Å². The highest BCUT2D eigenvalue weighted by Gasteiger charge is 2.19. The van der Waals surface area contributed by atoms with Crippen molar-refractivity contribution in [2.45, 2.75) is 0 Å². The molecule has 0 bridgehead atoms. The van der Waals surface area contributed by atoms with Crippen LogP contribution in [0.25, 0.3) is 10.1 Å². The Kier molecular flexibility index (Phi) is 6.46. The van der Waals surface area contributed by atoms with E-state index < -0.39 is 5.97 Å². The summed E-state index contributed by atoms with van der Waals surface area (Å²) in [4.78, 5) is 25.1. The van der Waals surface area contributed by atoms with Gasteiger partial charge in [0.05, 0.1) is 11.2 Å². The van der Waals surface area contributed by atoms with Crippen molar-refractivity contribution in [3.8, 4) is 5.75 Å². The van der Waals surface area contributed by atoms with Crippen molar-refractivity contribution < 1.29 is 14.3 Å². The molecule has 0 saturated heterocycles. The van der Waals surface area contributed by atoms with Gasteiger partial charge in [-0.05, 0) is 42.0 Å². The second kappa shape index (κ2) is 9.43. The minimum atomic E-state index is -0.525. The van der Waals surface area contributed by atoms with E-state index in [4.69, 9.17) is 16.3 Å². The number of esters is 1. The minimum Gasteiger partial charge on any atom is -0.422 e. The molecule has 0 saturated carbocycles. The average Bonchev–Trinajstić information content (AvgIpc) is 3.11. The zero-order valence-corrected chi connectivity index (χ0v) is 19.0. The van der Waals surface area contributed by atoms with E-state index in [1.54, 1.807) is 42.5 Å². The zero-order chi connectivity index (χ0) is 21.8. The number of hydrogen-bond donors (Lipinski definition) is 1. The van der Waals surface area contributed by atoms with Crippen LogP contribution >= 0.6 is 38.9 Å². The number of hydrazone groups is 1. The van der Waals surface area contributed by atoms with Crippen molar-refractivity contribution in [2.24, 2.45) is 5.10 Å². The van der Waals surface area contributed by atoms with Crippen LogP contribution in [0.4, 0.5) is 0 Å². The number of carbonyl (C=O) groups is 2. The first kappa shape index (κ1) is 21.2. The molecule has 0 aliphatic rings. The molecule has 1 heterocycles. The van der Waals surface area contributed by atoms with E-state index in [0.29, 0.717) is 26.8 Å². The average molecular weight is 514 g/mol. The summed E-state index contributed by atoms with van der Waals surface area (Å²) >= 11 is 11.0. The van der Waals surface area contributed by atoms with Crippen LogP contribution in [0.1, 0.15) is 25.6 Å². The second-order valence-electron chi connectivity index (χ2n) is 6.41. The van der Waals surface area contributed by atoms with Crippen molar-refractivity contribution in [1.82, 2.24) is 5.43 Å². The molecular formula is C23H14BrClN2O3S. The summed E-state index contributed by atoms with van der Waals surface area (Å²) in [5.41, 5.74) is 3.61. The first-order valence-corrected chi connectivity index (χ1v) is 11.1. The fourth-order valence-electron chi connectivity index (χ4n) is 2.82. The Morgan fingerprint density at radius 3 is 2.65 bits per heavy atom. The van der Waals surface area contributed by atoms with E-state index in [1.165, 1.54) is 17.6 Å². The maximum absolute atomic E-state index is 12.6. The molecule has 31 heavy (non-hydrogen) atoms. The third kappa shape index (κ3) is 5.02. The summed E-state index contributed by atoms with van der Waals surface area (Å²) in [6.07, 6.45) is 1.47. The molecule has 4 aromatic rings. The quantitative estimate of drug-likeness (QED) is 0.147. The van der Waals surface area contributed by atoms with E-state index in [9.17, 15) is 9.59 Å². The van der Waals surface area contributed by atoms with Gasteiger partial charge in [0.15, 0.2) is 0 Å². The fraction of sp³-hybridized carbons (Fsp3) is 0. The van der Waals surface area contributed by atoms with Crippen molar-refractivity contribution in [3.05, 3.63) is 98.3 Å². The highest BCUT2D eigenvalue weighted by Crippen LogP contribution is 2.35. The molecule has 0 radical (unpaired) electrons. The predicted octanol–water partition coefficient (Wildman–Crippen LogP) is 6.30. The first-order chi connectivity index (χ1) is 15.0. The summed E-state index contributed by atoms with van der Waals surface area (Å²) in [5.74, 6) is -0.511. The molecule has 154 valence electrons. The van der Waals surface area contributed by atoms with Gasteiger partial charge in [0, 0.05) is 20.1 Å². The van der Waals surface area contributed by atoms with Crippen molar-refractivity contribution >= 4 is 67.0 Å². The highest BCUT2D eigenvalue weighted by molar-refractivity contribution is 9.10. The van der Waals surface area contributed by atoms with Gasteiger partial charge in [0.25, 0.3) is 5.91 Å². The number of carbonyl (C=O) groups excluding carboxylic acids is 2. The van der Waals surface area contributed by atoms with Crippen LogP contribution in [0.5, 0.6) is 5.75 Å². The zero-order valence-electron chi connectivity index (χ0n) is 15.8. The standard InChI is InChI=1S/C23H14BrClN2O3S/c24-16-7-4-6-15(12-16)22(28)27-26-13-14-5-3-8-17(11-14)30-23(29)21-20(25)18-9-1-2-10-19(18)31-21/h1-13H,(H,27,28). The second-order valence-corrected chi connectivity index (χ2v) is 8.76.